The van der Waals surface area contributed by atoms with Gasteiger partial charge in [0.15, 0.2) is 0 Å². The van der Waals surface area contributed by atoms with Gasteiger partial charge < -0.3 is 13.6 Å². The topological polar surface area (TPSA) is 24.5 Å². The minimum absolute atomic E-state index is 0.581. The molecule has 0 radical (unpaired) electrons. The van der Waals surface area contributed by atoms with Crippen molar-refractivity contribution in [2.24, 2.45) is 0 Å². The molecule has 5 heteroatoms. The van der Waals surface area contributed by atoms with Crippen LogP contribution in [0.2, 0.25) is 19.6 Å². The van der Waals surface area contributed by atoms with Gasteiger partial charge in [-0.2, -0.15) is 0 Å². The molecule has 1 N–H and O–H groups in total. The fourth-order valence-electron chi connectivity index (χ4n) is 1.86. The predicted molar refractivity (Wildman–Crippen MR) is 68.2 cm³/mol. The Bertz CT molecular complexity index is 159. The lowest BCUT2D eigenvalue weighted by Crippen LogP contribution is -2.63. The van der Waals surface area contributed by atoms with E-state index in [1.807, 2.05) is 7.05 Å². The van der Waals surface area contributed by atoms with Gasteiger partial charge in [0.25, 0.3) is 0 Å². The molecule has 0 aliphatic rings. The van der Waals surface area contributed by atoms with Gasteiger partial charge in [-0.15, -0.1) is 0 Å². The molecule has 0 saturated heterocycles. The molecular weight excluding hydrogens is 208 g/mol. The van der Waals surface area contributed by atoms with Crippen LogP contribution in [-0.4, -0.2) is 41.5 Å². The molecule has 0 fully saturated rings. The van der Waals surface area contributed by atoms with Crippen molar-refractivity contribution in [1.82, 2.24) is 9.21 Å². The van der Waals surface area contributed by atoms with Crippen LogP contribution in [0.25, 0.3) is 0 Å². The first kappa shape index (κ1) is 14.3. The summed E-state index contributed by atoms with van der Waals surface area (Å²) in [4.78, 5) is 3.37. The molecule has 0 spiro atoms. The van der Waals surface area contributed by atoms with E-state index in [2.05, 4.69) is 49.6 Å². The monoisotopic (exact) mass is 234 g/mol. The summed E-state index contributed by atoms with van der Waals surface area (Å²) < 4.78 is 8.44. The summed E-state index contributed by atoms with van der Waals surface area (Å²) in [6.45, 7) is 14.5. The van der Waals surface area contributed by atoms with Crippen LogP contribution in [-0.2, 0) is 4.43 Å². The van der Waals surface area contributed by atoms with E-state index >= 15 is 0 Å². The van der Waals surface area contributed by atoms with Crippen LogP contribution in [0.5, 0.6) is 0 Å². The molecule has 0 heterocycles. The Hall–Kier alpha value is 0.314. The molecule has 14 heavy (non-hydrogen) atoms. The Kier molecular flexibility index (Phi) is 6.15. The van der Waals surface area contributed by atoms with E-state index < -0.39 is 17.6 Å². The SMILES string of the molecule is CCO[SiH](NC)N(C(C)C)[Si](C)(C)C. The molecule has 0 aliphatic heterocycles. The molecule has 0 amide bonds. The highest BCUT2D eigenvalue weighted by atomic mass is 28.4. The van der Waals surface area contributed by atoms with Crippen molar-refractivity contribution in [2.45, 2.75) is 46.5 Å². The molecule has 0 bridgehead atoms. The van der Waals surface area contributed by atoms with Crippen molar-refractivity contribution in [2.75, 3.05) is 13.7 Å². The second-order valence-electron chi connectivity index (χ2n) is 4.77. The van der Waals surface area contributed by atoms with E-state index in [9.17, 15) is 0 Å². The van der Waals surface area contributed by atoms with Gasteiger partial charge in [0, 0.05) is 6.61 Å². The Labute approximate surface area is 91.8 Å². The van der Waals surface area contributed by atoms with Crippen molar-refractivity contribution < 1.29 is 4.43 Å². The normalized spacial score (nSPS) is 15.2. The average molecular weight is 234 g/mol. The summed E-state index contributed by atoms with van der Waals surface area (Å²) in [5.74, 6) is 0. The molecule has 86 valence electrons. The minimum atomic E-state index is -1.37. The van der Waals surface area contributed by atoms with Gasteiger partial charge in [0.05, 0.1) is 0 Å². The van der Waals surface area contributed by atoms with E-state index in [0.29, 0.717) is 6.04 Å². The van der Waals surface area contributed by atoms with Gasteiger partial charge in [-0.1, -0.05) is 33.5 Å². The van der Waals surface area contributed by atoms with Gasteiger partial charge in [-0.25, -0.2) is 0 Å². The first-order chi connectivity index (χ1) is 6.34. The van der Waals surface area contributed by atoms with Crippen molar-refractivity contribution >= 4 is 17.6 Å². The van der Waals surface area contributed by atoms with E-state index in [-0.39, 0.29) is 0 Å². The number of hydrogen-bond acceptors (Lipinski definition) is 3. The number of nitrogens with zero attached hydrogens (tertiary/aromatic N) is 1. The Morgan fingerprint density at radius 2 is 1.86 bits per heavy atom. The Morgan fingerprint density at radius 3 is 2.07 bits per heavy atom. The molecule has 0 aromatic carbocycles. The Balaban J connectivity index is 4.61. The van der Waals surface area contributed by atoms with Gasteiger partial charge in [-0.3, -0.25) is 0 Å². The number of hydrogen-bond donors (Lipinski definition) is 1. The zero-order valence-electron chi connectivity index (χ0n) is 10.7. The maximum atomic E-state index is 5.83. The average Bonchev–Trinajstić information content (AvgIpc) is 2.00. The fraction of sp³-hybridized carbons (Fsp3) is 1.00. The summed E-state index contributed by atoms with van der Waals surface area (Å²) in [5.41, 5.74) is 0. The van der Waals surface area contributed by atoms with E-state index in [4.69, 9.17) is 4.43 Å². The van der Waals surface area contributed by atoms with Crippen molar-refractivity contribution in [3.63, 3.8) is 0 Å². The molecule has 0 aromatic heterocycles. The zero-order chi connectivity index (χ0) is 11.4. The van der Waals surface area contributed by atoms with Crippen LogP contribution in [0.1, 0.15) is 20.8 Å². The summed E-state index contributed by atoms with van der Waals surface area (Å²) in [6, 6.07) is 0.581. The third-order valence-corrected chi connectivity index (χ3v) is 9.49. The van der Waals surface area contributed by atoms with Crippen molar-refractivity contribution in [3.8, 4) is 0 Å². The van der Waals surface area contributed by atoms with Crippen LogP contribution in [0, 0.1) is 0 Å². The largest absolute Gasteiger partial charge is 0.394 e. The highest BCUT2D eigenvalue weighted by molar-refractivity contribution is 6.81. The highest BCUT2D eigenvalue weighted by Gasteiger charge is 2.33. The number of rotatable bonds is 6. The van der Waals surface area contributed by atoms with Crippen molar-refractivity contribution in [1.29, 1.82) is 0 Å². The van der Waals surface area contributed by atoms with Crippen LogP contribution in [0.3, 0.4) is 0 Å². The Morgan fingerprint density at radius 1 is 1.36 bits per heavy atom. The van der Waals surface area contributed by atoms with E-state index in [0.717, 1.165) is 6.61 Å². The minimum Gasteiger partial charge on any atom is -0.394 e. The van der Waals surface area contributed by atoms with Gasteiger partial charge in [0.2, 0.25) is 0 Å². The van der Waals surface area contributed by atoms with Gasteiger partial charge in [0.1, 0.15) is 8.24 Å². The molecule has 0 aromatic rings. The molecule has 1 unspecified atom stereocenters. The molecule has 0 rings (SSSR count). The van der Waals surface area contributed by atoms with Crippen LogP contribution in [0.4, 0.5) is 0 Å². The first-order valence-corrected chi connectivity index (χ1v) is 10.4. The van der Waals surface area contributed by atoms with E-state index in [1.54, 1.807) is 0 Å². The second kappa shape index (κ2) is 6.02. The summed E-state index contributed by atoms with van der Waals surface area (Å²) in [6.07, 6.45) is 0. The smallest absolute Gasteiger partial charge is 0.331 e. The summed E-state index contributed by atoms with van der Waals surface area (Å²) >= 11 is 0. The highest BCUT2D eigenvalue weighted by Crippen LogP contribution is 2.14. The second-order valence-corrected chi connectivity index (χ2v) is 12.3. The van der Waals surface area contributed by atoms with Crippen LogP contribution in [0.15, 0.2) is 0 Å². The lowest BCUT2D eigenvalue weighted by molar-refractivity contribution is 0.287. The van der Waals surface area contributed by atoms with Crippen molar-refractivity contribution in [3.05, 3.63) is 0 Å². The lowest BCUT2D eigenvalue weighted by atomic mass is 10.4. The van der Waals surface area contributed by atoms with Gasteiger partial charge >= 0.3 is 9.36 Å². The molecule has 1 atom stereocenters. The summed E-state index contributed by atoms with van der Waals surface area (Å²) in [5, 5.41) is 0. The zero-order valence-corrected chi connectivity index (χ0v) is 12.9. The quantitative estimate of drug-likeness (QED) is 0.705. The first-order valence-electron chi connectivity index (χ1n) is 5.41. The fourth-order valence-corrected chi connectivity index (χ4v) is 8.29. The van der Waals surface area contributed by atoms with Crippen LogP contribution >= 0.6 is 0 Å². The lowest BCUT2D eigenvalue weighted by Gasteiger charge is -2.41. The third-order valence-electron chi connectivity index (χ3n) is 2.16. The molecule has 0 aliphatic carbocycles. The maximum absolute atomic E-state index is 5.83. The van der Waals surface area contributed by atoms with E-state index in [1.165, 1.54) is 0 Å². The van der Waals surface area contributed by atoms with Crippen LogP contribution < -0.4 is 4.98 Å². The molecular formula is C9H26N2OSi2. The standard InChI is InChI=1S/C9H26N2OSi2/c1-8-12-13(10-4)11(9(2)3)14(5,6)7/h9-10,13H,8H2,1-7H3. The maximum Gasteiger partial charge on any atom is 0.331 e. The summed E-state index contributed by atoms with van der Waals surface area (Å²) in [7, 11) is -0.613. The van der Waals surface area contributed by atoms with Gasteiger partial charge in [-0.05, 0) is 20.0 Å². The molecule has 3 nitrogen and oxygen atoms in total. The number of nitrogens with one attached hydrogen (secondary N) is 1. The molecule has 0 saturated carbocycles. The third kappa shape index (κ3) is 4.23. The predicted octanol–water partition coefficient (Wildman–Crippen LogP) is 1.50.